The number of aromatic nitrogens is 3. The lowest BCUT2D eigenvalue weighted by molar-refractivity contribution is 0.0695. The van der Waals surface area contributed by atoms with Gasteiger partial charge in [0, 0.05) is 31.9 Å². The highest BCUT2D eigenvalue weighted by atomic mass is 35.5. The molecule has 0 amide bonds. The first-order valence-corrected chi connectivity index (χ1v) is 11.0. The summed E-state index contributed by atoms with van der Waals surface area (Å²) in [6.07, 6.45) is 0. The number of piperazine rings is 1. The van der Waals surface area contributed by atoms with Crippen molar-refractivity contribution in [1.29, 1.82) is 0 Å². The molecule has 9 heteroatoms. The molecule has 33 heavy (non-hydrogen) atoms. The molecule has 168 valence electrons. The number of nitrogens with one attached hydrogen (secondary N) is 1. The predicted molar refractivity (Wildman–Crippen MR) is 128 cm³/mol. The zero-order chi connectivity index (χ0) is 22.9. The molecular formula is C24H22ClN5O3. The number of hydrogen-bond acceptors (Lipinski definition) is 6. The van der Waals surface area contributed by atoms with Crippen molar-refractivity contribution in [2.75, 3.05) is 36.0 Å². The van der Waals surface area contributed by atoms with Crippen molar-refractivity contribution in [2.45, 2.75) is 6.92 Å². The zero-order valence-electron chi connectivity index (χ0n) is 18.0. The summed E-state index contributed by atoms with van der Waals surface area (Å²) in [7, 11) is 0. The summed E-state index contributed by atoms with van der Waals surface area (Å²) in [5, 5.41) is 9.86. The van der Waals surface area contributed by atoms with Crippen molar-refractivity contribution in [1.82, 2.24) is 15.0 Å². The number of nitrogens with zero attached hydrogens (tertiary/aromatic N) is 4. The van der Waals surface area contributed by atoms with E-state index in [-0.39, 0.29) is 11.6 Å². The molecule has 1 aliphatic rings. The van der Waals surface area contributed by atoms with Gasteiger partial charge >= 0.3 is 12.0 Å². The Kier molecular flexibility index (Phi) is 5.51. The minimum atomic E-state index is -1.01. The first-order valence-electron chi connectivity index (χ1n) is 10.6. The van der Waals surface area contributed by atoms with Crippen LogP contribution in [0.3, 0.4) is 0 Å². The van der Waals surface area contributed by atoms with E-state index in [1.807, 2.05) is 18.2 Å². The van der Waals surface area contributed by atoms with E-state index in [1.165, 1.54) is 11.8 Å². The molecule has 5 rings (SSSR count). The summed E-state index contributed by atoms with van der Waals surface area (Å²) < 4.78 is 5.76. The summed E-state index contributed by atoms with van der Waals surface area (Å²) >= 11 is 6.56. The standard InChI is InChI=1S/C24H22ClN5O3/c1-15-7-8-17(13-18(15)23(31)32)33-24-26-20-14-19(25)22(27-21(20)28-24)30-11-9-29(10-12-30)16-5-3-2-4-6-16/h2-8,13-14H,9-12H2,1H3,(H,31,32)(H,26,27,28). The van der Waals surface area contributed by atoms with Crippen LogP contribution in [0.5, 0.6) is 11.8 Å². The topological polar surface area (TPSA) is 94.6 Å². The average Bonchev–Trinajstić information content (AvgIpc) is 3.21. The molecule has 2 N–H and O–H groups in total. The quantitative estimate of drug-likeness (QED) is 0.441. The number of hydrogen-bond donors (Lipinski definition) is 2. The first-order chi connectivity index (χ1) is 16.0. The van der Waals surface area contributed by atoms with Crippen LogP contribution in [-0.4, -0.2) is 52.2 Å². The Bertz CT molecular complexity index is 1320. The van der Waals surface area contributed by atoms with Gasteiger partial charge in [-0.3, -0.25) is 0 Å². The number of aryl methyl sites for hydroxylation is 1. The molecular weight excluding hydrogens is 442 g/mol. The molecule has 0 saturated carbocycles. The lowest BCUT2D eigenvalue weighted by atomic mass is 10.1. The number of carbonyl (C=O) groups is 1. The molecule has 0 spiro atoms. The number of benzene rings is 2. The summed E-state index contributed by atoms with van der Waals surface area (Å²) in [5.74, 6) is 0.0619. The van der Waals surface area contributed by atoms with Crippen LogP contribution < -0.4 is 14.5 Å². The smallest absolute Gasteiger partial charge is 0.336 e. The van der Waals surface area contributed by atoms with E-state index < -0.39 is 5.97 Å². The average molecular weight is 464 g/mol. The maximum atomic E-state index is 11.4. The van der Waals surface area contributed by atoms with E-state index in [0.717, 1.165) is 26.2 Å². The van der Waals surface area contributed by atoms with Gasteiger partial charge in [0.2, 0.25) is 0 Å². The second-order valence-corrected chi connectivity index (χ2v) is 8.31. The van der Waals surface area contributed by atoms with Crippen molar-refractivity contribution in [3.63, 3.8) is 0 Å². The normalized spacial score (nSPS) is 14.0. The number of halogens is 1. The number of fused-ring (bicyclic) bond motifs is 1. The van der Waals surface area contributed by atoms with Crippen LogP contribution in [0, 0.1) is 6.92 Å². The third-order valence-corrected chi connectivity index (χ3v) is 6.02. The number of para-hydroxylation sites is 1. The van der Waals surface area contributed by atoms with E-state index in [4.69, 9.17) is 16.3 Å². The molecule has 1 saturated heterocycles. The number of carboxylic acids is 1. The van der Waals surface area contributed by atoms with Gasteiger partial charge in [0.05, 0.1) is 16.1 Å². The number of ether oxygens (including phenoxy) is 1. The van der Waals surface area contributed by atoms with Crippen molar-refractivity contribution >= 4 is 40.2 Å². The van der Waals surface area contributed by atoms with E-state index in [0.29, 0.717) is 33.3 Å². The second-order valence-electron chi connectivity index (χ2n) is 7.90. The number of aromatic amines is 1. The van der Waals surface area contributed by atoms with Gasteiger partial charge in [-0.05, 0) is 42.8 Å². The third kappa shape index (κ3) is 4.29. The minimum absolute atomic E-state index is 0.182. The SMILES string of the molecule is Cc1ccc(Oc2nc3nc(N4CCN(c5ccccc5)CC4)c(Cl)cc3[nH]2)cc1C(=O)O. The number of rotatable bonds is 5. The van der Waals surface area contributed by atoms with Crippen LogP contribution in [0.1, 0.15) is 15.9 Å². The molecule has 1 fully saturated rings. The Morgan fingerprint density at radius 1 is 1.03 bits per heavy atom. The molecule has 3 heterocycles. The van der Waals surface area contributed by atoms with Crippen molar-refractivity contribution < 1.29 is 14.6 Å². The Labute approximate surface area is 195 Å². The van der Waals surface area contributed by atoms with Crippen molar-refractivity contribution in [2.24, 2.45) is 0 Å². The summed E-state index contributed by atoms with van der Waals surface area (Å²) in [6.45, 7) is 5.06. The van der Waals surface area contributed by atoms with E-state index in [9.17, 15) is 9.90 Å². The highest BCUT2D eigenvalue weighted by Crippen LogP contribution is 2.30. The summed E-state index contributed by atoms with van der Waals surface area (Å²) in [4.78, 5) is 28.0. The van der Waals surface area contributed by atoms with Gasteiger partial charge in [0.1, 0.15) is 11.6 Å². The fourth-order valence-corrected chi connectivity index (χ4v) is 4.25. The number of pyridine rings is 1. The molecule has 0 bridgehead atoms. The second kappa shape index (κ2) is 8.63. The van der Waals surface area contributed by atoms with Crippen LogP contribution in [0.2, 0.25) is 5.02 Å². The minimum Gasteiger partial charge on any atom is -0.478 e. The van der Waals surface area contributed by atoms with E-state index >= 15 is 0 Å². The molecule has 1 aliphatic heterocycles. The van der Waals surface area contributed by atoms with E-state index in [2.05, 4.69) is 36.9 Å². The van der Waals surface area contributed by atoms with Gasteiger partial charge < -0.3 is 24.6 Å². The zero-order valence-corrected chi connectivity index (χ0v) is 18.7. The Balaban J connectivity index is 1.34. The van der Waals surface area contributed by atoms with Gasteiger partial charge in [-0.2, -0.15) is 4.98 Å². The van der Waals surface area contributed by atoms with E-state index in [1.54, 1.807) is 25.1 Å². The largest absolute Gasteiger partial charge is 0.478 e. The highest BCUT2D eigenvalue weighted by Gasteiger charge is 2.22. The highest BCUT2D eigenvalue weighted by molar-refractivity contribution is 6.33. The Morgan fingerprint density at radius 2 is 1.76 bits per heavy atom. The van der Waals surface area contributed by atoms with Gasteiger partial charge in [-0.1, -0.05) is 35.9 Å². The van der Waals surface area contributed by atoms with Crippen LogP contribution in [-0.2, 0) is 0 Å². The van der Waals surface area contributed by atoms with Gasteiger partial charge in [0.15, 0.2) is 5.65 Å². The van der Waals surface area contributed by atoms with Crippen molar-refractivity contribution in [3.8, 4) is 11.8 Å². The Hall–Kier alpha value is -3.78. The number of imidazole rings is 1. The Morgan fingerprint density at radius 3 is 2.48 bits per heavy atom. The third-order valence-electron chi connectivity index (χ3n) is 5.74. The molecule has 2 aromatic heterocycles. The van der Waals surface area contributed by atoms with Crippen LogP contribution >= 0.6 is 11.6 Å². The fraction of sp³-hybridized carbons (Fsp3) is 0.208. The maximum Gasteiger partial charge on any atom is 0.336 e. The van der Waals surface area contributed by atoms with Crippen molar-refractivity contribution in [3.05, 3.63) is 70.7 Å². The summed E-state index contributed by atoms with van der Waals surface area (Å²) in [6, 6.07) is 17.2. The molecule has 2 aromatic carbocycles. The van der Waals surface area contributed by atoms with Gasteiger partial charge in [-0.25, -0.2) is 9.78 Å². The number of aromatic carboxylic acids is 1. The monoisotopic (exact) mass is 463 g/mol. The van der Waals surface area contributed by atoms with Crippen LogP contribution in [0.4, 0.5) is 11.5 Å². The molecule has 0 atom stereocenters. The molecule has 0 unspecified atom stereocenters. The molecule has 8 nitrogen and oxygen atoms in total. The first kappa shape index (κ1) is 21.1. The van der Waals surface area contributed by atoms with Gasteiger partial charge in [0.25, 0.3) is 0 Å². The fourth-order valence-electron chi connectivity index (χ4n) is 3.98. The molecule has 0 aliphatic carbocycles. The number of H-pyrrole nitrogens is 1. The maximum absolute atomic E-state index is 11.4. The summed E-state index contributed by atoms with van der Waals surface area (Å²) in [5.41, 5.74) is 3.18. The number of anilines is 2. The van der Waals surface area contributed by atoms with Gasteiger partial charge in [-0.15, -0.1) is 0 Å². The lowest BCUT2D eigenvalue weighted by Gasteiger charge is -2.37. The number of carboxylic acid groups (broad SMARTS) is 1. The molecule has 0 radical (unpaired) electrons. The predicted octanol–water partition coefficient (Wildman–Crippen LogP) is 4.74. The molecule has 4 aromatic rings. The van der Waals surface area contributed by atoms with Crippen LogP contribution in [0.15, 0.2) is 54.6 Å². The lowest BCUT2D eigenvalue weighted by Crippen LogP contribution is -2.46. The van der Waals surface area contributed by atoms with Crippen LogP contribution in [0.25, 0.3) is 11.2 Å².